The Hall–Kier alpha value is -1.74. The molecule has 0 atom stereocenters. The Morgan fingerprint density at radius 3 is 2.65 bits per heavy atom. The number of aryl methyl sites for hydroxylation is 1. The minimum atomic E-state index is -3.84. The molecule has 0 radical (unpaired) electrons. The van der Waals surface area contributed by atoms with Gasteiger partial charge < -0.3 is 0 Å². The summed E-state index contributed by atoms with van der Waals surface area (Å²) in [5.74, 6) is -0.144. The van der Waals surface area contributed by atoms with Gasteiger partial charge in [-0.3, -0.25) is 9.52 Å². The molecule has 0 saturated carbocycles. The van der Waals surface area contributed by atoms with Crippen molar-refractivity contribution in [1.82, 2.24) is 15.0 Å². The highest BCUT2D eigenvalue weighted by Gasteiger charge is 2.24. The van der Waals surface area contributed by atoms with Crippen molar-refractivity contribution in [2.75, 3.05) is 4.72 Å². The van der Waals surface area contributed by atoms with Crippen LogP contribution < -0.4 is 4.72 Å². The van der Waals surface area contributed by atoms with Crippen molar-refractivity contribution in [2.45, 2.75) is 11.9 Å². The fraction of sp³-hybridized carbons (Fsp3) is 0.182. The SMILES string of the molecule is CC(=O)c1cccc(NS(=O)(=O)c2c(Br)nnn2C)c1. The van der Waals surface area contributed by atoms with Crippen LogP contribution in [0.15, 0.2) is 33.9 Å². The lowest BCUT2D eigenvalue weighted by molar-refractivity contribution is 0.101. The maximum atomic E-state index is 12.3. The third-order valence-corrected chi connectivity index (χ3v) is 4.78. The topological polar surface area (TPSA) is 93.9 Å². The largest absolute Gasteiger partial charge is 0.295 e. The minimum Gasteiger partial charge on any atom is -0.295 e. The monoisotopic (exact) mass is 358 g/mol. The molecule has 1 aromatic carbocycles. The van der Waals surface area contributed by atoms with Gasteiger partial charge in [0.1, 0.15) is 0 Å². The second-order valence-electron chi connectivity index (χ2n) is 4.05. The summed E-state index contributed by atoms with van der Waals surface area (Å²) >= 11 is 3.04. The number of rotatable bonds is 4. The van der Waals surface area contributed by atoms with Gasteiger partial charge in [-0.05, 0) is 35.0 Å². The molecule has 9 heteroatoms. The van der Waals surface area contributed by atoms with Crippen LogP contribution in [0.25, 0.3) is 0 Å². The van der Waals surface area contributed by atoms with E-state index in [0.29, 0.717) is 11.3 Å². The Morgan fingerprint density at radius 2 is 2.10 bits per heavy atom. The van der Waals surface area contributed by atoms with Crippen molar-refractivity contribution in [3.8, 4) is 0 Å². The summed E-state index contributed by atoms with van der Waals surface area (Å²) < 4.78 is 28.2. The van der Waals surface area contributed by atoms with Crippen molar-refractivity contribution in [1.29, 1.82) is 0 Å². The molecule has 0 fully saturated rings. The molecule has 20 heavy (non-hydrogen) atoms. The molecule has 0 amide bonds. The number of sulfonamides is 1. The summed E-state index contributed by atoms with van der Waals surface area (Å²) in [6.07, 6.45) is 0. The van der Waals surface area contributed by atoms with Gasteiger partial charge in [0.15, 0.2) is 10.4 Å². The molecule has 106 valence electrons. The molecule has 0 unspecified atom stereocenters. The van der Waals surface area contributed by atoms with E-state index in [2.05, 4.69) is 31.0 Å². The van der Waals surface area contributed by atoms with Crippen molar-refractivity contribution >= 4 is 37.4 Å². The summed E-state index contributed by atoms with van der Waals surface area (Å²) in [7, 11) is -2.37. The first-order chi connectivity index (χ1) is 9.31. The molecule has 0 saturated heterocycles. The van der Waals surface area contributed by atoms with E-state index in [-0.39, 0.29) is 15.4 Å². The van der Waals surface area contributed by atoms with Gasteiger partial charge in [0.05, 0.1) is 0 Å². The van der Waals surface area contributed by atoms with Crippen LogP contribution in [0.2, 0.25) is 0 Å². The number of carbonyl (C=O) groups is 1. The Labute approximate surface area is 124 Å². The normalized spacial score (nSPS) is 11.3. The van der Waals surface area contributed by atoms with Gasteiger partial charge in [-0.1, -0.05) is 17.3 Å². The number of aromatic nitrogens is 3. The number of ketones is 1. The number of carbonyl (C=O) groups excluding carboxylic acids is 1. The zero-order valence-corrected chi connectivity index (χ0v) is 13.1. The fourth-order valence-corrected chi connectivity index (χ4v) is 3.76. The van der Waals surface area contributed by atoms with Crippen molar-refractivity contribution in [2.24, 2.45) is 7.05 Å². The van der Waals surface area contributed by atoms with Gasteiger partial charge in [-0.2, -0.15) is 8.42 Å². The van der Waals surface area contributed by atoms with Crippen LogP contribution in [-0.2, 0) is 17.1 Å². The average Bonchev–Trinajstić information content (AvgIpc) is 2.69. The van der Waals surface area contributed by atoms with Crippen LogP contribution in [0.1, 0.15) is 17.3 Å². The van der Waals surface area contributed by atoms with Crippen molar-refractivity contribution < 1.29 is 13.2 Å². The molecule has 1 N–H and O–H groups in total. The fourth-order valence-electron chi connectivity index (χ4n) is 1.61. The molecule has 0 bridgehead atoms. The quantitative estimate of drug-likeness (QED) is 0.837. The summed E-state index contributed by atoms with van der Waals surface area (Å²) in [5.41, 5.74) is 0.721. The van der Waals surface area contributed by atoms with Gasteiger partial charge in [0.2, 0.25) is 5.03 Å². The zero-order valence-electron chi connectivity index (χ0n) is 10.7. The third-order valence-electron chi connectivity index (χ3n) is 2.51. The highest BCUT2D eigenvalue weighted by atomic mass is 79.9. The molecule has 1 aromatic heterocycles. The Balaban J connectivity index is 2.39. The number of anilines is 1. The smallest absolute Gasteiger partial charge is 0.281 e. The van der Waals surface area contributed by atoms with Crippen molar-refractivity contribution in [3.05, 3.63) is 34.4 Å². The number of nitrogens with zero attached hydrogens (tertiary/aromatic N) is 3. The minimum absolute atomic E-state index is 0.0919. The van der Waals surface area contributed by atoms with E-state index in [0.717, 1.165) is 4.68 Å². The van der Waals surface area contributed by atoms with Crippen molar-refractivity contribution in [3.63, 3.8) is 0 Å². The number of hydrogen-bond acceptors (Lipinski definition) is 5. The number of hydrogen-bond donors (Lipinski definition) is 1. The van der Waals surface area contributed by atoms with Gasteiger partial charge in [0, 0.05) is 18.3 Å². The van der Waals surface area contributed by atoms with Crippen LogP contribution >= 0.6 is 15.9 Å². The van der Waals surface area contributed by atoms with Crippen LogP contribution in [0, 0.1) is 0 Å². The van der Waals surface area contributed by atoms with Crippen LogP contribution in [0.3, 0.4) is 0 Å². The second kappa shape index (κ2) is 5.33. The van der Waals surface area contributed by atoms with E-state index in [1.54, 1.807) is 18.2 Å². The summed E-state index contributed by atoms with van der Waals surface area (Å²) in [4.78, 5) is 11.3. The number of halogens is 1. The molecule has 0 aliphatic carbocycles. The summed E-state index contributed by atoms with van der Waals surface area (Å²) in [6, 6.07) is 6.24. The molecule has 0 aliphatic heterocycles. The third kappa shape index (κ3) is 2.88. The summed E-state index contributed by atoms with van der Waals surface area (Å²) in [5, 5.41) is 7.15. The van der Waals surface area contributed by atoms with Crippen LogP contribution in [-0.4, -0.2) is 29.2 Å². The average molecular weight is 359 g/mol. The second-order valence-corrected chi connectivity index (χ2v) is 6.40. The van der Waals surface area contributed by atoms with E-state index in [1.165, 1.54) is 20.0 Å². The number of nitrogens with one attached hydrogen (secondary N) is 1. The van der Waals surface area contributed by atoms with Gasteiger partial charge >= 0.3 is 0 Å². The predicted molar refractivity (Wildman–Crippen MR) is 76.0 cm³/mol. The Morgan fingerprint density at radius 1 is 1.40 bits per heavy atom. The highest BCUT2D eigenvalue weighted by molar-refractivity contribution is 9.10. The first-order valence-electron chi connectivity index (χ1n) is 5.50. The van der Waals surface area contributed by atoms with E-state index in [4.69, 9.17) is 0 Å². The van der Waals surface area contributed by atoms with E-state index >= 15 is 0 Å². The first kappa shape index (κ1) is 14.7. The predicted octanol–water partition coefficient (Wildman–Crippen LogP) is 1.58. The first-order valence-corrected chi connectivity index (χ1v) is 7.78. The molecule has 2 aromatic rings. The van der Waals surface area contributed by atoms with Crippen LogP contribution in [0.4, 0.5) is 5.69 Å². The lowest BCUT2D eigenvalue weighted by Gasteiger charge is -2.08. The molecule has 0 spiro atoms. The maximum Gasteiger partial charge on any atom is 0.281 e. The molecular formula is C11H11BrN4O3S. The zero-order chi connectivity index (χ0) is 14.9. The Kier molecular flexibility index (Phi) is 3.91. The van der Waals surface area contributed by atoms with Gasteiger partial charge in [0.25, 0.3) is 10.0 Å². The summed E-state index contributed by atoms with van der Waals surface area (Å²) in [6.45, 7) is 1.41. The lowest BCUT2D eigenvalue weighted by Crippen LogP contribution is -2.17. The molecule has 2 rings (SSSR count). The molecule has 1 heterocycles. The molecule has 0 aliphatic rings. The van der Waals surface area contributed by atoms with E-state index < -0.39 is 10.0 Å². The lowest BCUT2D eigenvalue weighted by atomic mass is 10.1. The van der Waals surface area contributed by atoms with E-state index in [9.17, 15) is 13.2 Å². The van der Waals surface area contributed by atoms with Gasteiger partial charge in [-0.15, -0.1) is 5.10 Å². The number of benzene rings is 1. The molecule has 7 nitrogen and oxygen atoms in total. The maximum absolute atomic E-state index is 12.3. The Bertz CT molecular complexity index is 750. The van der Waals surface area contributed by atoms with E-state index in [1.807, 2.05) is 0 Å². The highest BCUT2D eigenvalue weighted by Crippen LogP contribution is 2.21. The standard InChI is InChI=1S/C11H11BrN4O3S/c1-7(17)8-4-3-5-9(6-8)14-20(18,19)11-10(12)13-15-16(11)2/h3-6,14H,1-2H3. The molecular weight excluding hydrogens is 348 g/mol. The number of Topliss-reactive ketones (excluding diaryl/α,β-unsaturated/α-hetero) is 1. The van der Waals surface area contributed by atoms with Crippen LogP contribution in [0.5, 0.6) is 0 Å². The van der Waals surface area contributed by atoms with Gasteiger partial charge in [-0.25, -0.2) is 4.68 Å².